The number of ether oxygens (including phenoxy) is 1. The van der Waals surface area contributed by atoms with E-state index in [9.17, 15) is 0 Å². The Hall–Kier alpha value is -1.72. The second-order valence-corrected chi connectivity index (χ2v) is 6.98. The van der Waals surface area contributed by atoms with E-state index in [-0.39, 0.29) is 6.10 Å². The molecule has 2 aromatic rings. The largest absolute Gasteiger partial charge is 0.374 e. The highest BCUT2D eigenvalue weighted by Crippen LogP contribution is 2.35. The SMILES string of the molecule is Cc1nc(C)n(CC2CN(C3CCCc4ccccc43)CCO2)n1. The van der Waals surface area contributed by atoms with Gasteiger partial charge in [-0.1, -0.05) is 24.3 Å². The molecule has 1 saturated heterocycles. The van der Waals surface area contributed by atoms with Crippen molar-refractivity contribution in [3.8, 4) is 0 Å². The molecule has 24 heavy (non-hydrogen) atoms. The number of rotatable bonds is 3. The number of nitrogens with zero attached hydrogens (tertiary/aromatic N) is 4. The van der Waals surface area contributed by atoms with Crippen LogP contribution in [0, 0.1) is 13.8 Å². The van der Waals surface area contributed by atoms with Gasteiger partial charge in [0.1, 0.15) is 11.6 Å². The summed E-state index contributed by atoms with van der Waals surface area (Å²) < 4.78 is 8.01. The van der Waals surface area contributed by atoms with E-state index >= 15 is 0 Å². The minimum atomic E-state index is 0.188. The van der Waals surface area contributed by atoms with Crippen LogP contribution in [0.1, 0.15) is 41.7 Å². The molecule has 1 aliphatic carbocycles. The smallest absolute Gasteiger partial charge is 0.147 e. The number of aromatic nitrogens is 3. The Kier molecular flexibility index (Phi) is 4.37. The van der Waals surface area contributed by atoms with E-state index in [1.165, 1.54) is 30.4 Å². The molecule has 2 aliphatic rings. The monoisotopic (exact) mass is 326 g/mol. The molecule has 1 aromatic carbocycles. The van der Waals surface area contributed by atoms with Gasteiger partial charge in [0.15, 0.2) is 0 Å². The molecule has 128 valence electrons. The number of benzene rings is 1. The first kappa shape index (κ1) is 15.8. The van der Waals surface area contributed by atoms with E-state index in [1.807, 2.05) is 18.5 Å². The summed E-state index contributed by atoms with van der Waals surface area (Å²) in [6.45, 7) is 7.53. The Morgan fingerprint density at radius 2 is 2.12 bits per heavy atom. The lowest BCUT2D eigenvalue weighted by atomic mass is 9.86. The molecular formula is C19H26N4O. The number of hydrogen-bond acceptors (Lipinski definition) is 4. The van der Waals surface area contributed by atoms with Gasteiger partial charge in [-0.2, -0.15) is 5.10 Å². The predicted octanol–water partition coefficient (Wildman–Crippen LogP) is 2.67. The summed E-state index contributed by atoms with van der Waals surface area (Å²) in [5.41, 5.74) is 3.05. The van der Waals surface area contributed by atoms with Crippen LogP contribution < -0.4 is 0 Å². The summed E-state index contributed by atoms with van der Waals surface area (Å²) in [6.07, 6.45) is 3.95. The van der Waals surface area contributed by atoms with Crippen molar-refractivity contribution in [3.05, 3.63) is 47.0 Å². The molecule has 2 unspecified atom stereocenters. The zero-order valence-corrected chi connectivity index (χ0v) is 14.6. The van der Waals surface area contributed by atoms with Crippen molar-refractivity contribution in [2.75, 3.05) is 19.7 Å². The maximum atomic E-state index is 6.02. The summed E-state index contributed by atoms with van der Waals surface area (Å²) in [7, 11) is 0. The summed E-state index contributed by atoms with van der Waals surface area (Å²) in [4.78, 5) is 7.01. The highest BCUT2D eigenvalue weighted by Gasteiger charge is 2.30. The van der Waals surface area contributed by atoms with Crippen LogP contribution in [0.2, 0.25) is 0 Å². The van der Waals surface area contributed by atoms with Gasteiger partial charge in [-0.25, -0.2) is 9.67 Å². The third kappa shape index (κ3) is 3.10. The van der Waals surface area contributed by atoms with Crippen LogP contribution in [0.3, 0.4) is 0 Å². The molecule has 0 radical (unpaired) electrons. The maximum absolute atomic E-state index is 6.02. The third-order valence-electron chi connectivity index (χ3n) is 5.29. The molecule has 0 bridgehead atoms. The van der Waals surface area contributed by atoms with E-state index in [0.29, 0.717) is 6.04 Å². The molecule has 1 fully saturated rings. The van der Waals surface area contributed by atoms with Crippen molar-refractivity contribution in [2.45, 2.75) is 51.8 Å². The second-order valence-electron chi connectivity index (χ2n) is 6.98. The first-order valence-corrected chi connectivity index (χ1v) is 9.02. The molecule has 4 rings (SSSR count). The molecule has 2 heterocycles. The van der Waals surface area contributed by atoms with Crippen molar-refractivity contribution in [1.29, 1.82) is 0 Å². The first-order chi connectivity index (χ1) is 11.7. The lowest BCUT2D eigenvalue weighted by Gasteiger charge is -2.40. The minimum absolute atomic E-state index is 0.188. The number of aryl methyl sites for hydroxylation is 3. The van der Waals surface area contributed by atoms with Gasteiger partial charge < -0.3 is 4.74 Å². The molecule has 0 saturated carbocycles. The average molecular weight is 326 g/mol. The van der Waals surface area contributed by atoms with Crippen molar-refractivity contribution in [2.24, 2.45) is 0 Å². The van der Waals surface area contributed by atoms with Gasteiger partial charge in [0.05, 0.1) is 19.3 Å². The minimum Gasteiger partial charge on any atom is -0.374 e. The molecule has 2 atom stereocenters. The zero-order valence-electron chi connectivity index (χ0n) is 14.6. The molecular weight excluding hydrogens is 300 g/mol. The van der Waals surface area contributed by atoms with Gasteiger partial charge in [-0.15, -0.1) is 0 Å². The lowest BCUT2D eigenvalue weighted by Crippen LogP contribution is -2.46. The topological polar surface area (TPSA) is 43.2 Å². The average Bonchev–Trinajstić information content (AvgIpc) is 2.92. The fourth-order valence-corrected chi connectivity index (χ4v) is 4.17. The molecule has 5 heteroatoms. The lowest BCUT2D eigenvalue weighted by molar-refractivity contribution is -0.0544. The van der Waals surface area contributed by atoms with Crippen LogP contribution in [0.15, 0.2) is 24.3 Å². The van der Waals surface area contributed by atoms with Crippen LogP contribution in [0.25, 0.3) is 0 Å². The molecule has 0 amide bonds. The van der Waals surface area contributed by atoms with E-state index in [1.54, 1.807) is 0 Å². The standard InChI is InChI=1S/C19H26N4O/c1-14-20-15(2)23(21-14)13-17-12-22(10-11-24-17)19-9-5-7-16-6-3-4-8-18(16)19/h3-4,6,8,17,19H,5,7,9-13H2,1-2H3. The van der Waals surface area contributed by atoms with Gasteiger partial charge >= 0.3 is 0 Å². The van der Waals surface area contributed by atoms with E-state index in [2.05, 4.69) is 39.2 Å². The van der Waals surface area contributed by atoms with Crippen LogP contribution in [-0.4, -0.2) is 45.5 Å². The van der Waals surface area contributed by atoms with Gasteiger partial charge in [-0.05, 0) is 44.2 Å². The van der Waals surface area contributed by atoms with Crippen molar-refractivity contribution in [3.63, 3.8) is 0 Å². The Labute approximate surface area is 143 Å². The maximum Gasteiger partial charge on any atom is 0.147 e. The number of fused-ring (bicyclic) bond motifs is 1. The third-order valence-corrected chi connectivity index (χ3v) is 5.29. The Morgan fingerprint density at radius 3 is 2.96 bits per heavy atom. The molecule has 5 nitrogen and oxygen atoms in total. The Balaban J connectivity index is 1.48. The van der Waals surface area contributed by atoms with Gasteiger partial charge in [0.25, 0.3) is 0 Å². The van der Waals surface area contributed by atoms with Crippen molar-refractivity contribution < 1.29 is 4.74 Å². The summed E-state index contributed by atoms with van der Waals surface area (Å²) in [5.74, 6) is 1.80. The second kappa shape index (κ2) is 6.65. The molecule has 0 spiro atoms. The highest BCUT2D eigenvalue weighted by atomic mass is 16.5. The van der Waals surface area contributed by atoms with Crippen LogP contribution in [0.5, 0.6) is 0 Å². The van der Waals surface area contributed by atoms with Crippen molar-refractivity contribution >= 4 is 0 Å². The summed E-state index contributed by atoms with van der Waals surface area (Å²) >= 11 is 0. The van der Waals surface area contributed by atoms with Gasteiger partial charge in [-0.3, -0.25) is 4.90 Å². The van der Waals surface area contributed by atoms with Crippen molar-refractivity contribution in [1.82, 2.24) is 19.7 Å². The van der Waals surface area contributed by atoms with Crippen LogP contribution in [0.4, 0.5) is 0 Å². The van der Waals surface area contributed by atoms with Crippen LogP contribution in [-0.2, 0) is 17.7 Å². The first-order valence-electron chi connectivity index (χ1n) is 9.02. The summed E-state index contributed by atoms with van der Waals surface area (Å²) in [5, 5.41) is 4.48. The summed E-state index contributed by atoms with van der Waals surface area (Å²) in [6, 6.07) is 9.49. The van der Waals surface area contributed by atoms with E-state index in [4.69, 9.17) is 4.74 Å². The van der Waals surface area contributed by atoms with Gasteiger partial charge in [0.2, 0.25) is 0 Å². The normalized spacial score (nSPS) is 24.8. The zero-order chi connectivity index (χ0) is 16.5. The van der Waals surface area contributed by atoms with E-state index < -0.39 is 0 Å². The molecule has 1 aliphatic heterocycles. The van der Waals surface area contributed by atoms with E-state index in [0.717, 1.165) is 37.9 Å². The Morgan fingerprint density at radius 1 is 1.25 bits per heavy atom. The predicted molar refractivity (Wildman–Crippen MR) is 92.9 cm³/mol. The van der Waals surface area contributed by atoms with Gasteiger partial charge in [0, 0.05) is 19.1 Å². The quantitative estimate of drug-likeness (QED) is 0.870. The van der Waals surface area contributed by atoms with Crippen LogP contribution >= 0.6 is 0 Å². The molecule has 0 N–H and O–H groups in total. The Bertz CT molecular complexity index is 711. The fraction of sp³-hybridized carbons (Fsp3) is 0.579. The fourth-order valence-electron chi connectivity index (χ4n) is 4.17. The number of morpholine rings is 1. The molecule has 1 aromatic heterocycles. The number of hydrogen-bond donors (Lipinski definition) is 0. The highest BCUT2D eigenvalue weighted by molar-refractivity contribution is 5.32.